The molecule has 0 saturated carbocycles. The van der Waals surface area contributed by atoms with Crippen LogP contribution in [0.5, 0.6) is 17.2 Å². The van der Waals surface area contributed by atoms with Crippen molar-refractivity contribution in [1.82, 2.24) is 14.1 Å². The van der Waals surface area contributed by atoms with Gasteiger partial charge in [0.2, 0.25) is 5.75 Å². The van der Waals surface area contributed by atoms with Crippen LogP contribution in [0, 0.1) is 6.92 Å². The first-order chi connectivity index (χ1) is 18.8. The summed E-state index contributed by atoms with van der Waals surface area (Å²) in [5, 5.41) is 9.54. The fourth-order valence-electron chi connectivity index (χ4n) is 4.63. The van der Waals surface area contributed by atoms with Crippen molar-refractivity contribution in [3.63, 3.8) is 0 Å². The Hall–Kier alpha value is -4.64. The third-order valence-corrected chi connectivity index (χ3v) is 6.38. The molecule has 0 unspecified atom stereocenters. The van der Waals surface area contributed by atoms with Crippen molar-refractivity contribution >= 4 is 16.7 Å². The maximum atomic E-state index is 14.0. The van der Waals surface area contributed by atoms with Crippen LogP contribution in [-0.2, 0) is 17.8 Å². The number of esters is 1. The highest BCUT2D eigenvalue weighted by atomic mass is 16.5. The summed E-state index contributed by atoms with van der Waals surface area (Å²) in [5.41, 5.74) is 0.777. The third kappa shape index (κ3) is 4.96. The predicted molar refractivity (Wildman–Crippen MR) is 144 cm³/mol. The molecular weight excluding hydrogens is 506 g/mol. The van der Waals surface area contributed by atoms with Crippen molar-refractivity contribution in [2.24, 2.45) is 0 Å². The van der Waals surface area contributed by atoms with Gasteiger partial charge in [-0.25, -0.2) is 4.79 Å². The summed E-state index contributed by atoms with van der Waals surface area (Å²) in [5.74, 6) is 0.181. The average molecular weight is 536 g/mol. The number of carbonyl (C=O) groups is 1. The second-order valence-electron chi connectivity index (χ2n) is 8.65. The van der Waals surface area contributed by atoms with Crippen molar-refractivity contribution in [3.8, 4) is 28.4 Å². The summed E-state index contributed by atoms with van der Waals surface area (Å²) >= 11 is 0. The zero-order chi connectivity index (χ0) is 28.3. The van der Waals surface area contributed by atoms with Crippen molar-refractivity contribution in [2.45, 2.75) is 20.0 Å². The molecule has 0 fully saturated rings. The molecular formula is C28H29N3O8. The molecule has 0 aliphatic carbocycles. The van der Waals surface area contributed by atoms with Crippen LogP contribution in [0.25, 0.3) is 21.9 Å². The minimum Gasteiger partial charge on any atom is -0.493 e. The van der Waals surface area contributed by atoms with E-state index < -0.39 is 17.1 Å². The minimum atomic E-state index is -0.775. The van der Waals surface area contributed by atoms with Gasteiger partial charge in [0.25, 0.3) is 11.1 Å². The summed E-state index contributed by atoms with van der Waals surface area (Å²) in [7, 11) is 5.60. The van der Waals surface area contributed by atoms with Gasteiger partial charge in [-0.2, -0.15) is 0 Å². The van der Waals surface area contributed by atoms with E-state index in [1.165, 1.54) is 43.8 Å². The molecule has 0 saturated heterocycles. The van der Waals surface area contributed by atoms with Gasteiger partial charge >= 0.3 is 5.97 Å². The van der Waals surface area contributed by atoms with Crippen LogP contribution in [0.4, 0.5) is 0 Å². The fraction of sp³-hybridized carbons (Fsp3) is 0.286. The number of methoxy groups -OCH3 is 4. The molecule has 4 rings (SSSR count). The maximum absolute atomic E-state index is 14.0. The van der Waals surface area contributed by atoms with E-state index in [9.17, 15) is 19.5 Å². The summed E-state index contributed by atoms with van der Waals surface area (Å²) in [6.45, 7) is 1.48. The molecule has 0 spiro atoms. The zero-order valence-corrected chi connectivity index (χ0v) is 22.3. The second-order valence-corrected chi connectivity index (χ2v) is 8.65. The van der Waals surface area contributed by atoms with Crippen molar-refractivity contribution < 1.29 is 28.8 Å². The van der Waals surface area contributed by atoms with Crippen LogP contribution in [0.3, 0.4) is 0 Å². The van der Waals surface area contributed by atoms with Gasteiger partial charge in [-0.1, -0.05) is 0 Å². The average Bonchev–Trinajstić information content (AvgIpc) is 2.94. The molecule has 0 atom stereocenters. The van der Waals surface area contributed by atoms with Crippen molar-refractivity contribution in [1.29, 1.82) is 0 Å². The lowest BCUT2D eigenvalue weighted by Gasteiger charge is -2.21. The molecule has 11 heteroatoms. The Bertz CT molecular complexity index is 1650. The first kappa shape index (κ1) is 27.4. The Balaban J connectivity index is 2.22. The van der Waals surface area contributed by atoms with E-state index in [0.29, 0.717) is 28.4 Å². The van der Waals surface area contributed by atoms with Gasteiger partial charge in [-0.05, 0) is 48.4 Å². The van der Waals surface area contributed by atoms with Gasteiger partial charge in [0, 0.05) is 35.6 Å². The number of aliphatic hydroxyl groups is 1. The molecule has 0 radical (unpaired) electrons. The van der Waals surface area contributed by atoms with Gasteiger partial charge in [-0.3, -0.25) is 19.1 Å². The summed E-state index contributed by atoms with van der Waals surface area (Å²) in [6, 6.07) is 8.34. The maximum Gasteiger partial charge on any atom is 0.355 e. The zero-order valence-electron chi connectivity index (χ0n) is 22.3. The highest BCUT2D eigenvalue weighted by molar-refractivity contribution is 6.06. The number of hydrogen-bond acceptors (Lipinski definition) is 9. The molecule has 3 aromatic heterocycles. The van der Waals surface area contributed by atoms with Gasteiger partial charge in [0.15, 0.2) is 11.5 Å². The quantitative estimate of drug-likeness (QED) is 0.321. The minimum absolute atomic E-state index is 0.00394. The molecule has 1 N–H and O–H groups in total. The molecule has 0 amide bonds. The van der Waals surface area contributed by atoms with Crippen LogP contribution in [0.2, 0.25) is 0 Å². The monoisotopic (exact) mass is 535 g/mol. The van der Waals surface area contributed by atoms with Crippen LogP contribution < -0.4 is 25.3 Å². The van der Waals surface area contributed by atoms with E-state index in [0.717, 1.165) is 5.69 Å². The summed E-state index contributed by atoms with van der Waals surface area (Å²) < 4.78 is 24.1. The lowest BCUT2D eigenvalue weighted by Crippen LogP contribution is -2.34. The number of nitrogens with zero attached hydrogens (tertiary/aromatic N) is 3. The number of pyridine rings is 3. The second kappa shape index (κ2) is 11.4. The summed E-state index contributed by atoms with van der Waals surface area (Å²) in [4.78, 5) is 45.1. The largest absolute Gasteiger partial charge is 0.493 e. The van der Waals surface area contributed by atoms with Crippen molar-refractivity contribution in [3.05, 3.63) is 80.4 Å². The lowest BCUT2D eigenvalue weighted by molar-refractivity contribution is 0.0588. The van der Waals surface area contributed by atoms with Gasteiger partial charge in [-0.15, -0.1) is 0 Å². The Kier molecular flexibility index (Phi) is 8.01. The number of carbonyl (C=O) groups excluding carboxylic acids is 1. The number of aryl methyl sites for hydroxylation is 1. The smallest absolute Gasteiger partial charge is 0.355 e. The molecule has 11 nitrogen and oxygen atoms in total. The third-order valence-electron chi connectivity index (χ3n) is 6.38. The Morgan fingerprint density at radius 2 is 1.67 bits per heavy atom. The summed E-state index contributed by atoms with van der Waals surface area (Å²) in [6.07, 6.45) is 3.07. The number of fused-ring (bicyclic) bond motifs is 1. The first-order valence-electron chi connectivity index (χ1n) is 12.0. The topological polar surface area (TPSA) is 131 Å². The predicted octanol–water partition coefficient (Wildman–Crippen LogP) is 2.39. The Morgan fingerprint density at radius 1 is 0.974 bits per heavy atom. The standard InChI is InChI=1S/C28H29N3O8/c1-16-12-17(6-8-29-16)15-31-24(28(35)39-5)22(18-13-20(36-2)25(38-4)21(14-18)37-3)19-7-9-30(10-11-32)26(33)23(19)27(31)34/h6-9,12-14,32H,10-11,15H2,1-5H3. The van der Waals surface area contributed by atoms with Gasteiger partial charge in [0.05, 0.1) is 41.6 Å². The van der Waals surface area contributed by atoms with Gasteiger partial charge < -0.3 is 28.6 Å². The highest BCUT2D eigenvalue weighted by Gasteiger charge is 2.28. The lowest BCUT2D eigenvalue weighted by atomic mass is 9.96. The van der Waals surface area contributed by atoms with Crippen LogP contribution in [-0.4, -0.2) is 60.2 Å². The van der Waals surface area contributed by atoms with E-state index in [4.69, 9.17) is 18.9 Å². The van der Waals surface area contributed by atoms with Crippen LogP contribution in [0.1, 0.15) is 21.7 Å². The Labute approximate surface area is 223 Å². The molecule has 4 aromatic rings. The first-order valence-corrected chi connectivity index (χ1v) is 12.0. The molecule has 39 heavy (non-hydrogen) atoms. The molecule has 204 valence electrons. The molecule has 3 heterocycles. The van der Waals surface area contributed by atoms with E-state index in [1.807, 2.05) is 6.92 Å². The number of benzene rings is 1. The number of aromatic nitrogens is 3. The van der Waals surface area contributed by atoms with E-state index in [-0.39, 0.29) is 41.7 Å². The van der Waals surface area contributed by atoms with Crippen LogP contribution in [0.15, 0.2) is 52.3 Å². The molecule has 1 aromatic carbocycles. The van der Waals surface area contributed by atoms with E-state index in [1.54, 1.807) is 36.5 Å². The van der Waals surface area contributed by atoms with Gasteiger partial charge in [0.1, 0.15) is 11.1 Å². The molecule has 0 bridgehead atoms. The SMILES string of the molecule is COC(=O)c1c(-c2cc(OC)c(OC)c(OC)c2)c2ccn(CCO)c(=O)c2c(=O)n1Cc1ccnc(C)c1. The molecule has 0 aliphatic rings. The number of rotatable bonds is 9. The molecule has 0 aliphatic heterocycles. The fourth-order valence-corrected chi connectivity index (χ4v) is 4.63. The number of ether oxygens (including phenoxy) is 4. The number of hydrogen-bond donors (Lipinski definition) is 1. The Morgan fingerprint density at radius 3 is 2.23 bits per heavy atom. The van der Waals surface area contributed by atoms with Crippen molar-refractivity contribution in [2.75, 3.05) is 35.0 Å². The van der Waals surface area contributed by atoms with Crippen LogP contribution >= 0.6 is 0 Å². The number of aliphatic hydroxyl groups excluding tert-OH is 1. The van der Waals surface area contributed by atoms with E-state index >= 15 is 0 Å². The van der Waals surface area contributed by atoms with E-state index in [2.05, 4.69) is 4.98 Å². The normalized spacial score (nSPS) is 10.9. The highest BCUT2D eigenvalue weighted by Crippen LogP contribution is 2.43.